The van der Waals surface area contributed by atoms with Crippen molar-refractivity contribution < 1.29 is 14.3 Å². The van der Waals surface area contributed by atoms with Crippen LogP contribution in [0.15, 0.2) is 22.7 Å². The highest BCUT2D eigenvalue weighted by atomic mass is 79.9. The number of carboxylic acid groups (broad SMARTS) is 1. The summed E-state index contributed by atoms with van der Waals surface area (Å²) in [6.45, 7) is 0.277. The normalized spacial score (nSPS) is 12.2. The number of rotatable bonds is 5. The van der Waals surface area contributed by atoms with Gasteiger partial charge in [-0.15, -0.1) is 0 Å². The first-order chi connectivity index (χ1) is 7.90. The summed E-state index contributed by atoms with van der Waals surface area (Å²) in [5.74, 6) is -1.32. The summed E-state index contributed by atoms with van der Waals surface area (Å²) in [6.07, 6.45) is -0.139. The van der Waals surface area contributed by atoms with Gasteiger partial charge in [0, 0.05) is 24.1 Å². The molecule has 1 aromatic carbocycles. The smallest absolute Gasteiger partial charge is 0.304 e. The topological polar surface area (TPSA) is 66.6 Å². The van der Waals surface area contributed by atoms with Gasteiger partial charge < -0.3 is 15.7 Å². The van der Waals surface area contributed by atoms with Gasteiger partial charge in [0.25, 0.3) is 0 Å². The lowest BCUT2D eigenvalue weighted by atomic mass is 10.2. The van der Waals surface area contributed by atoms with Crippen LogP contribution in [-0.2, 0) is 4.79 Å². The number of carbonyl (C=O) groups is 1. The Balaban J connectivity index is 2.72. The lowest BCUT2D eigenvalue weighted by Gasteiger charge is -2.23. The minimum Gasteiger partial charge on any atom is -0.481 e. The van der Waals surface area contributed by atoms with Crippen LogP contribution < -0.4 is 10.6 Å². The second-order valence-corrected chi connectivity index (χ2v) is 4.75. The molecule has 4 nitrogen and oxygen atoms in total. The van der Waals surface area contributed by atoms with Crippen molar-refractivity contribution in [2.75, 3.05) is 18.5 Å². The molecule has 0 aliphatic rings. The van der Waals surface area contributed by atoms with E-state index >= 15 is 0 Å². The first-order valence-corrected chi connectivity index (χ1v) is 5.83. The van der Waals surface area contributed by atoms with Gasteiger partial charge in [0.05, 0.1) is 12.1 Å². The number of hydrogen-bond donors (Lipinski definition) is 2. The van der Waals surface area contributed by atoms with Crippen molar-refractivity contribution >= 4 is 27.6 Å². The molecule has 0 saturated carbocycles. The van der Waals surface area contributed by atoms with Crippen LogP contribution in [0.3, 0.4) is 0 Å². The Morgan fingerprint density at radius 1 is 1.65 bits per heavy atom. The molecule has 0 radical (unpaired) electrons. The third kappa shape index (κ3) is 4.32. The van der Waals surface area contributed by atoms with Crippen molar-refractivity contribution in [2.45, 2.75) is 12.5 Å². The predicted molar refractivity (Wildman–Crippen MR) is 67.6 cm³/mol. The number of likely N-dealkylation sites (N-methyl/N-ethyl adjacent to an activating group) is 1. The van der Waals surface area contributed by atoms with E-state index in [1.807, 2.05) is 0 Å². The molecule has 0 bridgehead atoms. The van der Waals surface area contributed by atoms with Crippen molar-refractivity contribution in [3.63, 3.8) is 0 Å². The minimum absolute atomic E-state index is 0.139. The fourth-order valence-corrected chi connectivity index (χ4v) is 1.87. The molecule has 0 heterocycles. The standard InChI is InChI=1S/C11H14BrFN2O2/c1-15(6-8(14)5-11(16)17)10-4-7(12)2-3-9(10)13/h2-4,8H,5-6,14H2,1H3,(H,16,17). The van der Waals surface area contributed by atoms with Gasteiger partial charge in [-0.3, -0.25) is 4.79 Å². The van der Waals surface area contributed by atoms with E-state index in [0.717, 1.165) is 4.47 Å². The van der Waals surface area contributed by atoms with Crippen molar-refractivity contribution in [3.05, 3.63) is 28.5 Å². The Hall–Kier alpha value is -1.14. The number of nitrogens with two attached hydrogens (primary N) is 1. The molecule has 0 fully saturated rings. The number of halogens is 2. The lowest BCUT2D eigenvalue weighted by Crippen LogP contribution is -2.37. The highest BCUT2D eigenvalue weighted by Crippen LogP contribution is 2.23. The molecular weight excluding hydrogens is 291 g/mol. The van der Waals surface area contributed by atoms with Crippen LogP contribution in [0.1, 0.15) is 6.42 Å². The molecule has 1 unspecified atom stereocenters. The Kier molecular flexibility index (Phi) is 4.89. The molecule has 0 aliphatic carbocycles. The molecule has 6 heteroatoms. The summed E-state index contributed by atoms with van der Waals surface area (Å²) in [5.41, 5.74) is 6.03. The largest absolute Gasteiger partial charge is 0.481 e. The maximum absolute atomic E-state index is 13.5. The van der Waals surface area contributed by atoms with Gasteiger partial charge in [-0.1, -0.05) is 15.9 Å². The summed E-state index contributed by atoms with van der Waals surface area (Å²) in [4.78, 5) is 12.1. The average molecular weight is 305 g/mol. The van der Waals surface area contributed by atoms with Crippen LogP contribution in [0.5, 0.6) is 0 Å². The highest BCUT2D eigenvalue weighted by molar-refractivity contribution is 9.10. The van der Waals surface area contributed by atoms with E-state index < -0.39 is 12.0 Å². The minimum atomic E-state index is -0.958. The maximum Gasteiger partial charge on any atom is 0.304 e. The zero-order valence-electron chi connectivity index (χ0n) is 9.36. The van der Waals surface area contributed by atoms with Crippen LogP contribution in [0.4, 0.5) is 10.1 Å². The zero-order chi connectivity index (χ0) is 13.0. The zero-order valence-corrected chi connectivity index (χ0v) is 10.9. The number of benzene rings is 1. The Bertz CT molecular complexity index is 414. The predicted octanol–water partition coefficient (Wildman–Crippen LogP) is 1.83. The van der Waals surface area contributed by atoms with Gasteiger partial charge in [-0.05, 0) is 18.2 Å². The fraction of sp³-hybridized carbons (Fsp3) is 0.364. The fourth-order valence-electron chi connectivity index (χ4n) is 1.52. The van der Waals surface area contributed by atoms with E-state index in [9.17, 15) is 9.18 Å². The van der Waals surface area contributed by atoms with Crippen molar-refractivity contribution in [1.82, 2.24) is 0 Å². The van der Waals surface area contributed by atoms with Gasteiger partial charge in [0.2, 0.25) is 0 Å². The van der Waals surface area contributed by atoms with Crippen LogP contribution in [0.2, 0.25) is 0 Å². The summed E-state index contributed by atoms with van der Waals surface area (Å²) in [5, 5.41) is 8.59. The Morgan fingerprint density at radius 3 is 2.88 bits per heavy atom. The monoisotopic (exact) mass is 304 g/mol. The molecule has 17 heavy (non-hydrogen) atoms. The summed E-state index contributed by atoms with van der Waals surface area (Å²) in [6, 6.07) is 4.04. The van der Waals surface area contributed by atoms with Crippen LogP contribution in [0, 0.1) is 5.82 Å². The molecule has 94 valence electrons. The van der Waals surface area contributed by atoms with Crippen LogP contribution in [0.25, 0.3) is 0 Å². The molecular formula is C11H14BrFN2O2. The third-order valence-electron chi connectivity index (χ3n) is 2.26. The first kappa shape index (κ1) is 13.9. The summed E-state index contributed by atoms with van der Waals surface area (Å²) < 4.78 is 14.3. The molecule has 0 aliphatic heterocycles. The van der Waals surface area contributed by atoms with E-state index in [0.29, 0.717) is 5.69 Å². The number of aliphatic carboxylic acids is 1. The van der Waals surface area contributed by atoms with E-state index in [4.69, 9.17) is 10.8 Å². The molecule has 3 N–H and O–H groups in total. The number of hydrogen-bond acceptors (Lipinski definition) is 3. The quantitative estimate of drug-likeness (QED) is 0.871. The molecule has 0 amide bonds. The average Bonchev–Trinajstić information content (AvgIpc) is 2.20. The third-order valence-corrected chi connectivity index (χ3v) is 2.76. The number of anilines is 1. The lowest BCUT2D eigenvalue weighted by molar-refractivity contribution is -0.137. The molecule has 0 aromatic heterocycles. The molecule has 1 rings (SSSR count). The van der Waals surface area contributed by atoms with Crippen molar-refractivity contribution in [2.24, 2.45) is 5.73 Å². The highest BCUT2D eigenvalue weighted by Gasteiger charge is 2.14. The number of nitrogens with zero attached hydrogens (tertiary/aromatic N) is 1. The van der Waals surface area contributed by atoms with Crippen molar-refractivity contribution in [3.8, 4) is 0 Å². The van der Waals surface area contributed by atoms with Gasteiger partial charge in [0.1, 0.15) is 5.82 Å². The van der Waals surface area contributed by atoms with Crippen molar-refractivity contribution in [1.29, 1.82) is 0 Å². The van der Waals surface area contributed by atoms with E-state index in [2.05, 4.69) is 15.9 Å². The maximum atomic E-state index is 13.5. The molecule has 0 saturated heterocycles. The number of carboxylic acids is 1. The van der Waals surface area contributed by atoms with Gasteiger partial charge in [-0.25, -0.2) is 4.39 Å². The first-order valence-electron chi connectivity index (χ1n) is 5.03. The summed E-state index contributed by atoms with van der Waals surface area (Å²) in [7, 11) is 1.67. The molecule has 1 atom stereocenters. The second kappa shape index (κ2) is 5.97. The van der Waals surface area contributed by atoms with E-state index in [1.165, 1.54) is 6.07 Å². The molecule has 0 spiro atoms. The van der Waals surface area contributed by atoms with Gasteiger partial charge >= 0.3 is 5.97 Å². The summed E-state index contributed by atoms with van der Waals surface area (Å²) >= 11 is 3.25. The Labute approximate surface area is 107 Å². The van der Waals surface area contributed by atoms with E-state index in [-0.39, 0.29) is 18.8 Å². The molecule has 1 aromatic rings. The van der Waals surface area contributed by atoms with Gasteiger partial charge in [0.15, 0.2) is 0 Å². The van der Waals surface area contributed by atoms with E-state index in [1.54, 1.807) is 24.1 Å². The van der Waals surface area contributed by atoms with Crippen LogP contribution in [-0.4, -0.2) is 30.7 Å². The Morgan fingerprint density at radius 2 is 2.29 bits per heavy atom. The second-order valence-electron chi connectivity index (χ2n) is 3.83. The van der Waals surface area contributed by atoms with Gasteiger partial charge in [-0.2, -0.15) is 0 Å². The van der Waals surface area contributed by atoms with Crippen LogP contribution >= 0.6 is 15.9 Å². The SMILES string of the molecule is CN(CC(N)CC(=O)O)c1cc(Br)ccc1F.